The molecule has 0 saturated carbocycles. The van der Waals surface area contributed by atoms with E-state index in [1.807, 2.05) is 43.5 Å². The molecule has 27 heavy (non-hydrogen) atoms. The van der Waals surface area contributed by atoms with Crippen molar-refractivity contribution < 1.29 is 14.0 Å². The van der Waals surface area contributed by atoms with Gasteiger partial charge < -0.3 is 9.73 Å². The predicted octanol–water partition coefficient (Wildman–Crippen LogP) is 4.26. The predicted molar refractivity (Wildman–Crippen MR) is 113 cm³/mol. The van der Waals surface area contributed by atoms with Crippen molar-refractivity contribution >= 4 is 57.5 Å². The summed E-state index contributed by atoms with van der Waals surface area (Å²) in [6.45, 7) is 4.66. The van der Waals surface area contributed by atoms with E-state index in [4.69, 9.17) is 16.6 Å². The molecule has 1 fully saturated rings. The van der Waals surface area contributed by atoms with Crippen LogP contribution in [0.15, 0.2) is 32.9 Å². The number of thiophene rings is 1. The van der Waals surface area contributed by atoms with Crippen LogP contribution in [0.25, 0.3) is 6.08 Å². The Labute approximate surface area is 171 Å². The standard InChI is InChI=1S/C19H20N2O3S3/c1-12-9-14(13(2)24-12)11-20-17(22)6-3-7-21-18(23)16(27-19(21)25)10-15-5-4-8-26-15/h4-5,8-10H,3,6-7,11H2,1-2H3,(H,20,22)/b16-10-. The van der Waals surface area contributed by atoms with Crippen LogP contribution in [-0.2, 0) is 16.1 Å². The topological polar surface area (TPSA) is 62.6 Å². The van der Waals surface area contributed by atoms with E-state index < -0.39 is 0 Å². The molecule has 2 aromatic heterocycles. The highest BCUT2D eigenvalue weighted by Gasteiger charge is 2.31. The summed E-state index contributed by atoms with van der Waals surface area (Å²) < 4.78 is 6.00. The third kappa shape index (κ3) is 5.09. The van der Waals surface area contributed by atoms with E-state index in [2.05, 4.69) is 5.32 Å². The lowest BCUT2D eigenvalue weighted by Gasteiger charge is -2.14. The summed E-state index contributed by atoms with van der Waals surface area (Å²) in [5, 5.41) is 4.86. The lowest BCUT2D eigenvalue weighted by atomic mass is 10.2. The first-order valence-electron chi connectivity index (χ1n) is 8.55. The van der Waals surface area contributed by atoms with Crippen molar-refractivity contribution in [1.82, 2.24) is 10.2 Å². The molecule has 0 aromatic carbocycles. The number of rotatable bonds is 7. The zero-order chi connectivity index (χ0) is 19.4. The third-order valence-corrected chi connectivity index (χ3v) is 6.29. The first-order valence-corrected chi connectivity index (χ1v) is 10.7. The van der Waals surface area contributed by atoms with Crippen LogP contribution in [0.1, 0.15) is 34.8 Å². The molecular weight excluding hydrogens is 400 g/mol. The lowest BCUT2D eigenvalue weighted by molar-refractivity contribution is -0.124. The molecule has 2 aromatic rings. The fraction of sp³-hybridized carbons (Fsp3) is 0.316. The minimum atomic E-state index is -0.0803. The number of hydrogen-bond donors (Lipinski definition) is 1. The van der Waals surface area contributed by atoms with E-state index in [0.29, 0.717) is 35.2 Å². The summed E-state index contributed by atoms with van der Waals surface area (Å²) in [5.74, 6) is 1.53. The van der Waals surface area contributed by atoms with E-state index >= 15 is 0 Å². The number of amides is 2. The minimum absolute atomic E-state index is 0.0483. The van der Waals surface area contributed by atoms with E-state index in [0.717, 1.165) is 22.0 Å². The summed E-state index contributed by atoms with van der Waals surface area (Å²) >= 11 is 8.21. The molecule has 142 valence electrons. The summed E-state index contributed by atoms with van der Waals surface area (Å²) in [5.41, 5.74) is 0.983. The van der Waals surface area contributed by atoms with Gasteiger partial charge in [0.2, 0.25) is 5.91 Å². The second kappa shape index (κ2) is 8.86. The second-order valence-corrected chi connectivity index (χ2v) is 8.82. The zero-order valence-corrected chi connectivity index (χ0v) is 17.6. The van der Waals surface area contributed by atoms with Crippen LogP contribution < -0.4 is 5.32 Å². The Bertz CT molecular complexity index is 884. The van der Waals surface area contributed by atoms with Gasteiger partial charge in [-0.3, -0.25) is 14.5 Å². The Morgan fingerprint density at radius 3 is 2.89 bits per heavy atom. The maximum atomic E-state index is 12.5. The van der Waals surface area contributed by atoms with Gasteiger partial charge in [0, 0.05) is 30.0 Å². The van der Waals surface area contributed by atoms with Crippen molar-refractivity contribution in [2.75, 3.05) is 6.54 Å². The summed E-state index contributed by atoms with van der Waals surface area (Å²) in [6, 6.07) is 5.84. The number of carbonyl (C=O) groups excluding carboxylic acids is 2. The number of hydrogen-bond acceptors (Lipinski definition) is 6. The molecule has 1 N–H and O–H groups in total. The van der Waals surface area contributed by atoms with Gasteiger partial charge in [-0.2, -0.15) is 0 Å². The van der Waals surface area contributed by atoms with E-state index in [1.54, 1.807) is 16.2 Å². The van der Waals surface area contributed by atoms with Crippen molar-refractivity contribution in [2.24, 2.45) is 0 Å². The van der Waals surface area contributed by atoms with Gasteiger partial charge >= 0.3 is 0 Å². The monoisotopic (exact) mass is 420 g/mol. The van der Waals surface area contributed by atoms with Crippen molar-refractivity contribution in [2.45, 2.75) is 33.2 Å². The normalized spacial score (nSPS) is 15.8. The van der Waals surface area contributed by atoms with Crippen molar-refractivity contribution in [1.29, 1.82) is 0 Å². The number of carbonyl (C=O) groups is 2. The summed E-state index contributed by atoms with van der Waals surface area (Å²) in [6.07, 6.45) is 2.77. The Morgan fingerprint density at radius 1 is 1.41 bits per heavy atom. The first-order chi connectivity index (χ1) is 12.9. The highest BCUT2D eigenvalue weighted by atomic mass is 32.2. The van der Waals surface area contributed by atoms with E-state index in [9.17, 15) is 9.59 Å². The SMILES string of the molecule is Cc1cc(CNC(=O)CCCN2C(=O)/C(=C/c3cccs3)SC2=S)c(C)o1. The molecule has 0 bridgehead atoms. The molecule has 0 unspecified atom stereocenters. The number of nitrogens with zero attached hydrogens (tertiary/aromatic N) is 1. The van der Waals surface area contributed by atoms with Gasteiger partial charge in [0.1, 0.15) is 15.8 Å². The van der Waals surface area contributed by atoms with Gasteiger partial charge in [-0.1, -0.05) is 30.0 Å². The number of nitrogens with one attached hydrogen (secondary N) is 1. The quantitative estimate of drug-likeness (QED) is 0.536. The molecular formula is C19H20N2O3S3. The van der Waals surface area contributed by atoms with Crippen LogP contribution in [0.4, 0.5) is 0 Å². The molecule has 0 atom stereocenters. The van der Waals surface area contributed by atoms with Crippen LogP contribution >= 0.6 is 35.3 Å². The van der Waals surface area contributed by atoms with Crippen LogP contribution in [0, 0.1) is 13.8 Å². The highest BCUT2D eigenvalue weighted by Crippen LogP contribution is 2.33. The molecule has 8 heteroatoms. The van der Waals surface area contributed by atoms with Gasteiger partial charge in [0.05, 0.1) is 4.91 Å². The molecule has 1 saturated heterocycles. The lowest BCUT2D eigenvalue weighted by Crippen LogP contribution is -2.30. The van der Waals surface area contributed by atoms with Gasteiger partial charge in [-0.25, -0.2) is 0 Å². The number of furan rings is 1. The first kappa shape index (κ1) is 19.9. The minimum Gasteiger partial charge on any atom is -0.466 e. The maximum Gasteiger partial charge on any atom is 0.266 e. The Kier molecular flexibility index (Phi) is 6.51. The van der Waals surface area contributed by atoms with Gasteiger partial charge in [-0.15, -0.1) is 11.3 Å². The molecule has 1 aliphatic rings. The largest absolute Gasteiger partial charge is 0.466 e. The fourth-order valence-corrected chi connectivity index (χ4v) is 4.77. The van der Waals surface area contributed by atoms with E-state index in [-0.39, 0.29) is 11.8 Å². The maximum absolute atomic E-state index is 12.5. The highest BCUT2D eigenvalue weighted by molar-refractivity contribution is 8.26. The van der Waals surface area contributed by atoms with Crippen LogP contribution in [0.2, 0.25) is 0 Å². The van der Waals surface area contributed by atoms with Gasteiger partial charge in [0.25, 0.3) is 5.91 Å². The van der Waals surface area contributed by atoms with Crippen molar-refractivity contribution in [3.63, 3.8) is 0 Å². The fourth-order valence-electron chi connectivity index (χ4n) is 2.73. The zero-order valence-electron chi connectivity index (χ0n) is 15.1. The number of thiocarbonyl (C=S) groups is 1. The molecule has 0 aliphatic carbocycles. The molecule has 0 radical (unpaired) electrons. The molecule has 3 rings (SSSR count). The number of aryl methyl sites for hydroxylation is 2. The Hall–Kier alpha value is -1.90. The molecule has 1 aliphatic heterocycles. The van der Waals surface area contributed by atoms with E-state index in [1.165, 1.54) is 11.8 Å². The van der Waals surface area contributed by atoms with Crippen molar-refractivity contribution in [3.8, 4) is 0 Å². The average Bonchev–Trinajstić information content (AvgIpc) is 3.30. The van der Waals surface area contributed by atoms with Gasteiger partial charge in [-0.05, 0) is 43.9 Å². The van der Waals surface area contributed by atoms with Gasteiger partial charge in [0.15, 0.2) is 0 Å². The third-order valence-electron chi connectivity index (χ3n) is 4.10. The van der Waals surface area contributed by atoms with Crippen LogP contribution in [-0.4, -0.2) is 27.6 Å². The molecule has 3 heterocycles. The number of thioether (sulfide) groups is 1. The van der Waals surface area contributed by atoms with Crippen LogP contribution in [0.5, 0.6) is 0 Å². The smallest absolute Gasteiger partial charge is 0.266 e. The summed E-state index contributed by atoms with van der Waals surface area (Å²) in [7, 11) is 0. The van der Waals surface area contributed by atoms with Crippen LogP contribution in [0.3, 0.4) is 0 Å². The molecule has 2 amide bonds. The van der Waals surface area contributed by atoms with Crippen molar-refractivity contribution in [3.05, 3.63) is 50.4 Å². The Balaban J connectivity index is 1.45. The second-order valence-electron chi connectivity index (χ2n) is 6.17. The Morgan fingerprint density at radius 2 is 2.22 bits per heavy atom. The molecule has 0 spiro atoms. The molecule has 5 nitrogen and oxygen atoms in total. The summed E-state index contributed by atoms with van der Waals surface area (Å²) in [4.78, 5) is 27.8. The average molecular weight is 421 g/mol.